The van der Waals surface area contributed by atoms with Crippen molar-refractivity contribution in [3.63, 3.8) is 0 Å². The van der Waals surface area contributed by atoms with Gasteiger partial charge in [0, 0.05) is 15.4 Å². The number of thioether (sulfide) groups is 1. The van der Waals surface area contributed by atoms with E-state index < -0.39 is 0 Å². The molecule has 2 atom stereocenters. The molecule has 0 fully saturated rings. The van der Waals surface area contributed by atoms with Crippen LogP contribution < -0.4 is 5.73 Å². The van der Waals surface area contributed by atoms with E-state index in [1.54, 1.807) is 0 Å². The summed E-state index contributed by atoms with van der Waals surface area (Å²) in [5.41, 5.74) is 8.75. The van der Waals surface area contributed by atoms with E-state index in [-0.39, 0.29) is 11.3 Å². The molecule has 0 aromatic heterocycles. The van der Waals surface area contributed by atoms with Crippen LogP contribution in [0.15, 0.2) is 57.9 Å². The number of nitrogens with two attached hydrogens (primary N) is 1. The van der Waals surface area contributed by atoms with E-state index in [9.17, 15) is 0 Å². The fourth-order valence-electron chi connectivity index (χ4n) is 1.99. The van der Waals surface area contributed by atoms with Crippen LogP contribution in [-0.4, -0.2) is 6.04 Å². The van der Waals surface area contributed by atoms with Gasteiger partial charge in [0.25, 0.3) is 0 Å². The van der Waals surface area contributed by atoms with Crippen molar-refractivity contribution in [2.75, 3.05) is 0 Å². The fourth-order valence-corrected chi connectivity index (χ4v) is 3.90. The predicted molar refractivity (Wildman–Crippen MR) is 87.6 cm³/mol. The van der Waals surface area contributed by atoms with Crippen molar-refractivity contribution in [3.8, 4) is 0 Å². The summed E-state index contributed by atoms with van der Waals surface area (Å²) in [7, 11) is 0. The van der Waals surface area contributed by atoms with E-state index in [4.69, 9.17) is 5.73 Å². The second kappa shape index (κ2) is 6.60. The highest BCUT2D eigenvalue weighted by Gasteiger charge is 2.20. The molecule has 2 rings (SSSR count). The number of aryl methyl sites for hydroxylation is 1. The summed E-state index contributed by atoms with van der Waals surface area (Å²) in [6.07, 6.45) is 0. The van der Waals surface area contributed by atoms with E-state index in [1.807, 2.05) is 17.8 Å². The van der Waals surface area contributed by atoms with Gasteiger partial charge in [-0.05, 0) is 37.1 Å². The first-order valence-electron chi connectivity index (χ1n) is 6.32. The molecule has 0 amide bonds. The molecule has 19 heavy (non-hydrogen) atoms. The van der Waals surface area contributed by atoms with Crippen molar-refractivity contribution in [3.05, 3.63) is 64.1 Å². The molecule has 0 aliphatic heterocycles. The third-order valence-electron chi connectivity index (χ3n) is 3.04. The lowest BCUT2D eigenvalue weighted by atomic mass is 10.1. The van der Waals surface area contributed by atoms with E-state index in [2.05, 4.69) is 72.2 Å². The molecule has 1 nitrogen and oxygen atoms in total. The van der Waals surface area contributed by atoms with Crippen LogP contribution in [0, 0.1) is 6.92 Å². The molecule has 2 aromatic rings. The largest absolute Gasteiger partial charge is 0.327 e. The number of hydrogen-bond acceptors (Lipinski definition) is 2. The van der Waals surface area contributed by atoms with E-state index in [0.29, 0.717) is 0 Å². The van der Waals surface area contributed by atoms with E-state index in [1.165, 1.54) is 16.0 Å². The zero-order valence-corrected chi connectivity index (χ0v) is 13.5. The Labute approximate surface area is 127 Å². The molecular formula is C16H18BrNS. The lowest BCUT2D eigenvalue weighted by molar-refractivity contribution is 0.719. The summed E-state index contributed by atoms with van der Waals surface area (Å²) >= 11 is 5.46. The van der Waals surface area contributed by atoms with Crippen molar-refractivity contribution in [1.29, 1.82) is 0 Å². The van der Waals surface area contributed by atoms with Gasteiger partial charge in [0.1, 0.15) is 0 Å². The number of hydrogen-bond donors (Lipinski definition) is 1. The molecule has 0 bridgehead atoms. The highest BCUT2D eigenvalue weighted by atomic mass is 79.9. The molecule has 0 saturated carbocycles. The number of benzene rings is 2. The zero-order chi connectivity index (χ0) is 13.8. The van der Waals surface area contributed by atoms with Crippen LogP contribution in [0.3, 0.4) is 0 Å². The Kier molecular flexibility index (Phi) is 5.08. The van der Waals surface area contributed by atoms with Crippen LogP contribution in [0.1, 0.15) is 23.3 Å². The normalized spacial score (nSPS) is 14.1. The van der Waals surface area contributed by atoms with Gasteiger partial charge in [0.15, 0.2) is 0 Å². The standard InChI is InChI=1S/C16H18BrNS/c1-11-7-3-6-10-15(11)19-16(12(2)18)13-8-4-5-9-14(13)17/h3-10,12,16H,18H2,1-2H3. The monoisotopic (exact) mass is 335 g/mol. The van der Waals surface area contributed by atoms with Crippen LogP contribution in [0.5, 0.6) is 0 Å². The lowest BCUT2D eigenvalue weighted by Gasteiger charge is -2.22. The quantitative estimate of drug-likeness (QED) is 0.801. The number of halogens is 1. The summed E-state index contributed by atoms with van der Waals surface area (Å²) in [4.78, 5) is 1.29. The summed E-state index contributed by atoms with van der Waals surface area (Å²) in [6.45, 7) is 4.20. The smallest absolute Gasteiger partial charge is 0.0504 e. The Hall–Kier alpha value is -0.770. The summed E-state index contributed by atoms with van der Waals surface area (Å²) in [5, 5.41) is 0.247. The fraction of sp³-hybridized carbons (Fsp3) is 0.250. The number of rotatable bonds is 4. The van der Waals surface area contributed by atoms with Crippen LogP contribution in [0.2, 0.25) is 0 Å². The highest BCUT2D eigenvalue weighted by molar-refractivity contribution is 9.10. The van der Waals surface area contributed by atoms with Crippen molar-refractivity contribution < 1.29 is 0 Å². The van der Waals surface area contributed by atoms with Crippen molar-refractivity contribution in [2.24, 2.45) is 5.73 Å². The maximum atomic E-state index is 6.19. The molecule has 100 valence electrons. The predicted octanol–water partition coefficient (Wildman–Crippen LogP) is 4.94. The molecule has 0 saturated heterocycles. The van der Waals surface area contributed by atoms with Crippen LogP contribution >= 0.6 is 27.7 Å². The Balaban J connectivity index is 2.33. The molecule has 0 radical (unpaired) electrons. The van der Waals surface area contributed by atoms with Crippen molar-refractivity contribution >= 4 is 27.7 Å². The molecule has 0 aliphatic rings. The molecule has 3 heteroatoms. The van der Waals surface area contributed by atoms with Crippen LogP contribution in [-0.2, 0) is 0 Å². The third kappa shape index (κ3) is 3.62. The van der Waals surface area contributed by atoms with Crippen molar-refractivity contribution in [2.45, 2.75) is 30.0 Å². The second-order valence-corrected chi connectivity index (χ2v) is 6.72. The molecule has 0 heterocycles. The van der Waals surface area contributed by atoms with Gasteiger partial charge in [-0.1, -0.05) is 52.3 Å². The first kappa shape index (κ1) is 14.6. The van der Waals surface area contributed by atoms with Crippen LogP contribution in [0.4, 0.5) is 0 Å². The molecule has 2 aromatic carbocycles. The minimum atomic E-state index is 0.0864. The van der Waals surface area contributed by atoms with Gasteiger partial charge in [-0.2, -0.15) is 0 Å². The van der Waals surface area contributed by atoms with Gasteiger partial charge < -0.3 is 5.73 Å². The third-order valence-corrected chi connectivity index (χ3v) is 5.41. The second-order valence-electron chi connectivity index (χ2n) is 4.68. The Morgan fingerprint density at radius 3 is 2.32 bits per heavy atom. The van der Waals surface area contributed by atoms with Gasteiger partial charge in [0.05, 0.1) is 5.25 Å². The molecule has 2 unspecified atom stereocenters. The summed E-state index contributed by atoms with van der Waals surface area (Å²) in [6, 6.07) is 16.8. The Bertz CT molecular complexity index is 554. The molecule has 0 spiro atoms. The van der Waals surface area contributed by atoms with Gasteiger partial charge in [-0.15, -0.1) is 11.8 Å². The van der Waals surface area contributed by atoms with E-state index >= 15 is 0 Å². The highest BCUT2D eigenvalue weighted by Crippen LogP contribution is 2.41. The maximum absolute atomic E-state index is 6.19. The zero-order valence-electron chi connectivity index (χ0n) is 11.1. The van der Waals surface area contributed by atoms with Gasteiger partial charge >= 0.3 is 0 Å². The van der Waals surface area contributed by atoms with Crippen LogP contribution in [0.25, 0.3) is 0 Å². The topological polar surface area (TPSA) is 26.0 Å². The minimum Gasteiger partial charge on any atom is -0.327 e. The molecule has 0 aliphatic carbocycles. The average molecular weight is 336 g/mol. The van der Waals surface area contributed by atoms with E-state index in [0.717, 1.165) is 4.47 Å². The average Bonchev–Trinajstić information content (AvgIpc) is 2.38. The van der Waals surface area contributed by atoms with Crippen molar-refractivity contribution in [1.82, 2.24) is 0 Å². The lowest BCUT2D eigenvalue weighted by Crippen LogP contribution is -2.22. The van der Waals surface area contributed by atoms with Gasteiger partial charge in [-0.3, -0.25) is 0 Å². The van der Waals surface area contributed by atoms with Gasteiger partial charge in [0.2, 0.25) is 0 Å². The SMILES string of the molecule is Cc1ccccc1SC(c1ccccc1Br)C(C)N. The summed E-state index contributed by atoms with van der Waals surface area (Å²) in [5.74, 6) is 0. The Morgan fingerprint density at radius 1 is 1.05 bits per heavy atom. The summed E-state index contributed by atoms with van der Waals surface area (Å²) < 4.78 is 1.12. The maximum Gasteiger partial charge on any atom is 0.0504 e. The Morgan fingerprint density at radius 2 is 1.68 bits per heavy atom. The first-order valence-corrected chi connectivity index (χ1v) is 7.99. The van der Waals surface area contributed by atoms with Gasteiger partial charge in [-0.25, -0.2) is 0 Å². The first-order chi connectivity index (χ1) is 9.09. The molecule has 2 N–H and O–H groups in total. The minimum absolute atomic E-state index is 0.0864. The molecular weight excluding hydrogens is 318 g/mol.